The molecule has 0 bridgehead atoms. The summed E-state index contributed by atoms with van der Waals surface area (Å²) in [5, 5.41) is 7.78. The summed E-state index contributed by atoms with van der Waals surface area (Å²) in [6.45, 7) is 1.94. The van der Waals surface area contributed by atoms with Gasteiger partial charge in [-0.05, 0) is 24.6 Å². The molecule has 0 aliphatic rings. The molecular weight excluding hydrogens is 214 g/mol. The highest BCUT2D eigenvalue weighted by Crippen LogP contribution is 2.18. The first-order valence-electron chi connectivity index (χ1n) is 4.33. The van der Waals surface area contributed by atoms with Crippen LogP contribution in [0.4, 0.5) is 0 Å². The molecule has 0 saturated carbocycles. The second kappa shape index (κ2) is 4.23. The summed E-state index contributed by atoms with van der Waals surface area (Å²) in [6, 6.07) is 5.13. The van der Waals surface area contributed by atoms with Crippen LogP contribution in [0.1, 0.15) is 5.56 Å². The maximum Gasteiger partial charge on any atom is 0.239 e. The van der Waals surface area contributed by atoms with Crippen LogP contribution in [0.3, 0.4) is 0 Å². The van der Waals surface area contributed by atoms with Crippen molar-refractivity contribution in [2.45, 2.75) is 6.92 Å². The topological polar surface area (TPSA) is 47.9 Å². The molecule has 2 rings (SSSR count). The fourth-order valence-electron chi connectivity index (χ4n) is 1.06. The van der Waals surface area contributed by atoms with Crippen molar-refractivity contribution in [3.63, 3.8) is 0 Å². The molecule has 76 valence electrons. The summed E-state index contributed by atoms with van der Waals surface area (Å²) < 4.78 is 5.42. The van der Waals surface area contributed by atoms with Crippen LogP contribution in [0.25, 0.3) is 0 Å². The largest absolute Gasteiger partial charge is 0.436 e. The average molecular weight is 222 g/mol. The molecule has 2 aromatic rings. The smallest absolute Gasteiger partial charge is 0.239 e. The van der Waals surface area contributed by atoms with Crippen molar-refractivity contribution in [2.75, 3.05) is 0 Å². The Balaban J connectivity index is 2.18. The molecule has 0 aliphatic carbocycles. The molecule has 0 N–H and O–H groups in total. The monoisotopic (exact) mass is 221 g/mol. The fourth-order valence-corrected chi connectivity index (χ4v) is 1.16. The van der Waals surface area contributed by atoms with E-state index in [0.717, 1.165) is 5.56 Å². The summed E-state index contributed by atoms with van der Waals surface area (Å²) in [5.41, 5.74) is 1.02. The minimum absolute atomic E-state index is 0.338. The van der Waals surface area contributed by atoms with E-state index in [1.54, 1.807) is 24.5 Å². The van der Waals surface area contributed by atoms with E-state index in [0.29, 0.717) is 16.8 Å². The zero-order valence-corrected chi connectivity index (χ0v) is 8.77. The van der Waals surface area contributed by atoms with Gasteiger partial charge in [0.05, 0.1) is 6.20 Å². The highest BCUT2D eigenvalue weighted by Gasteiger charge is 1.99. The third-order valence-electron chi connectivity index (χ3n) is 1.68. The van der Waals surface area contributed by atoms with Gasteiger partial charge in [-0.25, -0.2) is 0 Å². The number of ether oxygens (including phenoxy) is 1. The number of nitrogens with zero attached hydrogens (tertiary/aromatic N) is 3. The van der Waals surface area contributed by atoms with E-state index in [-0.39, 0.29) is 0 Å². The van der Waals surface area contributed by atoms with Gasteiger partial charge in [0.25, 0.3) is 0 Å². The Hall–Kier alpha value is -1.68. The lowest BCUT2D eigenvalue weighted by molar-refractivity contribution is 0.453. The first-order valence-corrected chi connectivity index (χ1v) is 4.70. The lowest BCUT2D eigenvalue weighted by atomic mass is 10.3. The molecule has 0 atom stereocenters. The molecule has 5 heteroatoms. The standard InChI is InChI=1S/C10H8ClN3O/c1-7-4-8(6-12-5-7)15-10-3-2-9(11)13-14-10/h2-6H,1H3. The lowest BCUT2D eigenvalue weighted by Gasteiger charge is -2.03. The Morgan fingerprint density at radius 3 is 2.73 bits per heavy atom. The third-order valence-corrected chi connectivity index (χ3v) is 1.88. The Morgan fingerprint density at radius 2 is 2.07 bits per heavy atom. The van der Waals surface area contributed by atoms with Crippen molar-refractivity contribution in [2.24, 2.45) is 0 Å². The van der Waals surface area contributed by atoms with Gasteiger partial charge >= 0.3 is 0 Å². The predicted molar refractivity (Wildman–Crippen MR) is 56.1 cm³/mol. The van der Waals surface area contributed by atoms with Gasteiger partial charge in [0.15, 0.2) is 5.15 Å². The van der Waals surface area contributed by atoms with Crippen LogP contribution in [0.2, 0.25) is 5.15 Å². The maximum atomic E-state index is 5.60. The van der Waals surface area contributed by atoms with Gasteiger partial charge in [0.1, 0.15) is 5.75 Å². The molecule has 0 amide bonds. The van der Waals surface area contributed by atoms with Crippen molar-refractivity contribution < 1.29 is 4.74 Å². The van der Waals surface area contributed by atoms with Crippen LogP contribution in [0.5, 0.6) is 11.6 Å². The van der Waals surface area contributed by atoms with Crippen molar-refractivity contribution in [1.29, 1.82) is 0 Å². The van der Waals surface area contributed by atoms with Crippen molar-refractivity contribution in [1.82, 2.24) is 15.2 Å². The summed E-state index contributed by atoms with van der Waals surface area (Å²) >= 11 is 5.60. The van der Waals surface area contributed by atoms with Crippen molar-refractivity contribution in [3.8, 4) is 11.6 Å². The summed E-state index contributed by atoms with van der Waals surface area (Å²) in [6.07, 6.45) is 3.36. The minimum Gasteiger partial charge on any atom is -0.436 e. The first kappa shape index (κ1) is 9.86. The number of aromatic nitrogens is 3. The molecule has 0 radical (unpaired) electrons. The first-order chi connectivity index (χ1) is 7.24. The molecular formula is C10H8ClN3O. The molecule has 15 heavy (non-hydrogen) atoms. The molecule has 0 aromatic carbocycles. The normalized spacial score (nSPS) is 10.0. The van der Waals surface area contributed by atoms with Crippen molar-refractivity contribution in [3.05, 3.63) is 41.3 Å². The number of halogens is 1. The molecule has 0 unspecified atom stereocenters. The Kier molecular flexibility index (Phi) is 2.78. The van der Waals surface area contributed by atoms with Crippen molar-refractivity contribution >= 4 is 11.6 Å². The fraction of sp³-hybridized carbons (Fsp3) is 0.100. The van der Waals surface area contributed by atoms with E-state index >= 15 is 0 Å². The Labute approximate surface area is 91.9 Å². The number of hydrogen-bond donors (Lipinski definition) is 0. The number of hydrogen-bond acceptors (Lipinski definition) is 4. The molecule has 0 aliphatic heterocycles. The van der Waals surface area contributed by atoms with Crippen LogP contribution >= 0.6 is 11.6 Å². The highest BCUT2D eigenvalue weighted by molar-refractivity contribution is 6.29. The van der Waals surface area contributed by atoms with E-state index in [4.69, 9.17) is 16.3 Å². The van der Waals surface area contributed by atoms with Gasteiger partial charge in [-0.15, -0.1) is 10.2 Å². The highest BCUT2D eigenvalue weighted by atomic mass is 35.5. The molecule has 0 spiro atoms. The summed E-state index contributed by atoms with van der Waals surface area (Å²) in [4.78, 5) is 4.00. The molecule has 2 heterocycles. The van der Waals surface area contributed by atoms with Gasteiger partial charge < -0.3 is 4.74 Å². The van der Waals surface area contributed by atoms with Gasteiger partial charge in [-0.2, -0.15) is 0 Å². The summed E-state index contributed by atoms with van der Waals surface area (Å²) in [5.74, 6) is 1.03. The maximum absolute atomic E-state index is 5.60. The van der Waals surface area contributed by atoms with Gasteiger partial charge in [0, 0.05) is 12.3 Å². The molecule has 0 fully saturated rings. The molecule has 2 aromatic heterocycles. The number of pyridine rings is 1. The number of aryl methyl sites for hydroxylation is 1. The van der Waals surface area contributed by atoms with E-state index in [9.17, 15) is 0 Å². The Morgan fingerprint density at radius 1 is 1.20 bits per heavy atom. The predicted octanol–water partition coefficient (Wildman–Crippen LogP) is 2.63. The molecule has 0 saturated heterocycles. The zero-order valence-electron chi connectivity index (χ0n) is 8.01. The third kappa shape index (κ3) is 2.63. The van der Waals surface area contributed by atoms with Gasteiger partial charge in [-0.1, -0.05) is 11.6 Å². The summed E-state index contributed by atoms with van der Waals surface area (Å²) in [7, 11) is 0. The minimum atomic E-state index is 0.338. The van der Waals surface area contributed by atoms with E-state index in [2.05, 4.69) is 15.2 Å². The lowest BCUT2D eigenvalue weighted by Crippen LogP contribution is -1.91. The van der Waals surface area contributed by atoms with Crippen LogP contribution in [-0.2, 0) is 0 Å². The van der Waals surface area contributed by atoms with Crippen LogP contribution in [0.15, 0.2) is 30.6 Å². The second-order valence-corrected chi connectivity index (χ2v) is 3.38. The zero-order chi connectivity index (χ0) is 10.7. The van der Waals surface area contributed by atoms with Crippen LogP contribution < -0.4 is 4.74 Å². The van der Waals surface area contributed by atoms with Gasteiger partial charge in [-0.3, -0.25) is 4.98 Å². The number of rotatable bonds is 2. The molecule has 4 nitrogen and oxygen atoms in total. The van der Waals surface area contributed by atoms with E-state index in [1.807, 2.05) is 13.0 Å². The SMILES string of the molecule is Cc1cncc(Oc2ccc(Cl)nn2)c1. The van der Waals surface area contributed by atoms with Crippen LogP contribution in [-0.4, -0.2) is 15.2 Å². The Bertz CT molecular complexity index is 458. The average Bonchev–Trinajstić information content (AvgIpc) is 2.22. The van der Waals surface area contributed by atoms with E-state index in [1.165, 1.54) is 0 Å². The van der Waals surface area contributed by atoms with Crippen LogP contribution in [0, 0.1) is 6.92 Å². The van der Waals surface area contributed by atoms with Gasteiger partial charge in [0.2, 0.25) is 5.88 Å². The van der Waals surface area contributed by atoms with E-state index < -0.39 is 0 Å². The quantitative estimate of drug-likeness (QED) is 0.782. The second-order valence-electron chi connectivity index (χ2n) is 2.99.